The quantitative estimate of drug-likeness (QED) is 0.587. The number of piperidine rings is 2. The zero-order chi connectivity index (χ0) is 21.4. The summed E-state index contributed by atoms with van der Waals surface area (Å²) < 4.78 is 5.94. The molecule has 1 aliphatic carbocycles. The van der Waals surface area contributed by atoms with E-state index in [1.54, 1.807) is 6.08 Å². The van der Waals surface area contributed by atoms with Gasteiger partial charge >= 0.3 is 6.09 Å². The molecule has 2 saturated heterocycles. The van der Waals surface area contributed by atoms with Gasteiger partial charge in [0.1, 0.15) is 12.4 Å². The van der Waals surface area contributed by atoms with Crippen LogP contribution in [0.4, 0.5) is 4.79 Å². The lowest BCUT2D eigenvalue weighted by molar-refractivity contribution is -0.125. The van der Waals surface area contributed by atoms with Crippen molar-refractivity contribution in [3.05, 3.63) is 72.3 Å². The van der Waals surface area contributed by atoms with Gasteiger partial charge in [-0.15, -0.1) is 6.58 Å². The lowest BCUT2D eigenvalue weighted by atomic mass is 9.76. The molecule has 0 aromatic heterocycles. The van der Waals surface area contributed by atoms with Gasteiger partial charge in [0.05, 0.1) is 0 Å². The Hall–Kier alpha value is -2.88. The van der Waals surface area contributed by atoms with Gasteiger partial charge in [-0.2, -0.15) is 0 Å². The summed E-state index contributed by atoms with van der Waals surface area (Å²) in [7, 11) is 0. The van der Waals surface area contributed by atoms with E-state index >= 15 is 0 Å². The van der Waals surface area contributed by atoms with Crippen LogP contribution in [0.5, 0.6) is 0 Å². The second-order valence-corrected chi connectivity index (χ2v) is 9.08. The maximum absolute atomic E-state index is 13.2. The lowest BCUT2D eigenvalue weighted by Crippen LogP contribution is -2.55. The molecule has 4 heteroatoms. The Morgan fingerprint density at radius 1 is 0.968 bits per heavy atom. The molecule has 5 rings (SSSR count). The average Bonchev–Trinajstić information content (AvgIpc) is 3.10. The maximum atomic E-state index is 13.2. The molecule has 0 radical (unpaired) electrons. The highest BCUT2D eigenvalue weighted by Gasteiger charge is 2.43. The minimum Gasteiger partial charge on any atom is -0.448 e. The molecule has 2 fully saturated rings. The van der Waals surface area contributed by atoms with Crippen LogP contribution >= 0.6 is 0 Å². The van der Waals surface area contributed by atoms with E-state index in [-0.39, 0.29) is 35.8 Å². The molecule has 4 nitrogen and oxygen atoms in total. The molecule has 3 aliphatic rings. The Labute approximate surface area is 183 Å². The summed E-state index contributed by atoms with van der Waals surface area (Å²) >= 11 is 0. The maximum Gasteiger partial charge on any atom is 0.410 e. The number of allylic oxidation sites excluding steroid dienone is 1. The van der Waals surface area contributed by atoms with Crippen molar-refractivity contribution >= 4 is 11.9 Å². The van der Waals surface area contributed by atoms with E-state index in [2.05, 4.69) is 55.1 Å². The number of rotatable bonds is 5. The molecule has 2 aromatic carbocycles. The van der Waals surface area contributed by atoms with Gasteiger partial charge in [0.2, 0.25) is 0 Å². The minimum absolute atomic E-state index is 0.0472. The zero-order valence-corrected chi connectivity index (χ0v) is 17.8. The van der Waals surface area contributed by atoms with Crippen LogP contribution in [-0.4, -0.2) is 35.5 Å². The van der Waals surface area contributed by atoms with Gasteiger partial charge in [0, 0.05) is 30.3 Å². The SMILES string of the molecule is C=CCC(=O)C1CC2CCCC(C1)N2C(=O)OCC1c2ccccc2-c2ccccc21. The molecular formula is C27H29NO3. The number of benzene rings is 2. The van der Waals surface area contributed by atoms with Crippen LogP contribution in [0.25, 0.3) is 11.1 Å². The first-order valence-corrected chi connectivity index (χ1v) is 11.4. The number of ketones is 1. The molecule has 2 bridgehead atoms. The zero-order valence-electron chi connectivity index (χ0n) is 17.8. The standard InChI is InChI=1S/C27H29NO3/c1-2-8-26(29)18-15-19-9-7-10-20(16-18)28(19)27(30)31-17-25-23-13-5-3-11-21(23)22-12-4-6-14-24(22)25/h2-6,11-14,18-20,25H,1,7-10,15-17H2. The van der Waals surface area contributed by atoms with Crippen LogP contribution in [0.15, 0.2) is 61.2 Å². The molecule has 2 heterocycles. The third-order valence-corrected chi connectivity index (χ3v) is 7.32. The van der Waals surface area contributed by atoms with Gasteiger partial charge in [0.15, 0.2) is 0 Å². The van der Waals surface area contributed by atoms with Crippen molar-refractivity contribution in [3.63, 3.8) is 0 Å². The van der Waals surface area contributed by atoms with Gasteiger partial charge in [-0.3, -0.25) is 4.79 Å². The molecule has 31 heavy (non-hydrogen) atoms. The second kappa shape index (κ2) is 8.33. The molecule has 1 amide bonds. The Morgan fingerprint density at radius 2 is 1.55 bits per heavy atom. The number of carbonyl (C=O) groups excluding carboxylic acids is 2. The van der Waals surface area contributed by atoms with E-state index in [1.807, 2.05) is 4.90 Å². The molecule has 2 atom stereocenters. The van der Waals surface area contributed by atoms with E-state index < -0.39 is 0 Å². The van der Waals surface area contributed by atoms with Crippen LogP contribution in [0.3, 0.4) is 0 Å². The van der Waals surface area contributed by atoms with E-state index in [1.165, 1.54) is 22.3 Å². The molecule has 0 saturated carbocycles. The van der Waals surface area contributed by atoms with Crippen molar-refractivity contribution in [1.82, 2.24) is 4.90 Å². The van der Waals surface area contributed by atoms with E-state index in [0.29, 0.717) is 13.0 Å². The highest BCUT2D eigenvalue weighted by molar-refractivity contribution is 5.83. The fraction of sp³-hybridized carbons (Fsp3) is 0.407. The third-order valence-electron chi connectivity index (χ3n) is 7.32. The molecule has 2 aliphatic heterocycles. The predicted octanol–water partition coefficient (Wildman–Crippen LogP) is 5.71. The molecule has 2 unspecified atom stereocenters. The normalized spacial score (nSPS) is 24.3. The number of carbonyl (C=O) groups is 2. The van der Waals surface area contributed by atoms with Crippen molar-refractivity contribution < 1.29 is 14.3 Å². The van der Waals surface area contributed by atoms with Crippen molar-refractivity contribution in [2.45, 2.75) is 56.5 Å². The highest BCUT2D eigenvalue weighted by atomic mass is 16.6. The molecule has 0 spiro atoms. The van der Waals surface area contributed by atoms with Gasteiger partial charge < -0.3 is 9.64 Å². The summed E-state index contributed by atoms with van der Waals surface area (Å²) in [4.78, 5) is 27.6. The summed E-state index contributed by atoms with van der Waals surface area (Å²) in [6.45, 7) is 4.05. The summed E-state index contributed by atoms with van der Waals surface area (Å²) in [6, 6.07) is 17.0. The van der Waals surface area contributed by atoms with Crippen LogP contribution in [0, 0.1) is 5.92 Å². The molecule has 160 valence electrons. The first-order valence-electron chi connectivity index (χ1n) is 11.4. The predicted molar refractivity (Wildman–Crippen MR) is 121 cm³/mol. The Balaban J connectivity index is 1.30. The van der Waals surface area contributed by atoms with Crippen LogP contribution in [-0.2, 0) is 9.53 Å². The molecule has 2 aromatic rings. The van der Waals surface area contributed by atoms with E-state index in [9.17, 15) is 9.59 Å². The number of fused-ring (bicyclic) bond motifs is 5. The van der Waals surface area contributed by atoms with Gasteiger partial charge in [-0.25, -0.2) is 4.79 Å². The highest BCUT2D eigenvalue weighted by Crippen LogP contribution is 2.45. The fourth-order valence-corrected chi connectivity index (χ4v) is 5.92. The Bertz CT molecular complexity index is 954. The smallest absolute Gasteiger partial charge is 0.410 e. The number of hydrogen-bond donors (Lipinski definition) is 0. The molecular weight excluding hydrogens is 386 g/mol. The number of Topliss-reactive ketones (excluding diaryl/α,β-unsaturated/α-hetero) is 1. The van der Waals surface area contributed by atoms with Gasteiger partial charge in [-0.05, 0) is 54.4 Å². The largest absolute Gasteiger partial charge is 0.448 e. The van der Waals surface area contributed by atoms with Crippen molar-refractivity contribution in [2.75, 3.05) is 6.61 Å². The van der Waals surface area contributed by atoms with Crippen molar-refractivity contribution in [3.8, 4) is 11.1 Å². The summed E-state index contributed by atoms with van der Waals surface area (Å²) in [5, 5.41) is 0. The number of hydrogen-bond acceptors (Lipinski definition) is 3. The monoisotopic (exact) mass is 415 g/mol. The number of nitrogens with zero attached hydrogens (tertiary/aromatic N) is 1. The summed E-state index contributed by atoms with van der Waals surface area (Å²) in [5.41, 5.74) is 4.92. The topological polar surface area (TPSA) is 46.6 Å². The average molecular weight is 416 g/mol. The fourth-order valence-electron chi connectivity index (χ4n) is 5.92. The number of ether oxygens (including phenoxy) is 1. The van der Waals surface area contributed by atoms with E-state index in [4.69, 9.17) is 4.74 Å². The van der Waals surface area contributed by atoms with Crippen molar-refractivity contribution in [1.29, 1.82) is 0 Å². The summed E-state index contributed by atoms with van der Waals surface area (Å²) in [6.07, 6.45) is 6.44. The van der Waals surface area contributed by atoms with E-state index in [0.717, 1.165) is 32.1 Å². The lowest BCUT2D eigenvalue weighted by Gasteiger charge is -2.47. The Kier molecular flexibility index (Phi) is 5.39. The third kappa shape index (κ3) is 3.58. The second-order valence-electron chi connectivity index (χ2n) is 9.08. The Morgan fingerprint density at radius 3 is 2.13 bits per heavy atom. The van der Waals surface area contributed by atoms with Crippen LogP contribution in [0.2, 0.25) is 0 Å². The number of amides is 1. The summed E-state index contributed by atoms with van der Waals surface area (Å²) in [5.74, 6) is 0.382. The van der Waals surface area contributed by atoms with Crippen molar-refractivity contribution in [2.24, 2.45) is 5.92 Å². The molecule has 0 N–H and O–H groups in total. The van der Waals surface area contributed by atoms with Gasteiger partial charge in [-0.1, -0.05) is 54.6 Å². The first-order chi connectivity index (χ1) is 15.2. The van der Waals surface area contributed by atoms with Crippen LogP contribution < -0.4 is 0 Å². The minimum atomic E-state index is -0.216. The van der Waals surface area contributed by atoms with Gasteiger partial charge in [0.25, 0.3) is 0 Å². The van der Waals surface area contributed by atoms with Crippen LogP contribution in [0.1, 0.15) is 55.6 Å². The first kappa shape index (κ1) is 20.0.